The molecule has 0 aliphatic carbocycles. The Morgan fingerprint density at radius 3 is 0.742 bits per heavy atom. The fourth-order valence-electron chi connectivity index (χ4n) is 3.72. The zero-order chi connectivity index (χ0) is 19.0. The summed E-state index contributed by atoms with van der Waals surface area (Å²) in [7, 11) is -1.57. The molecule has 0 unspecified atom stereocenters. The van der Waals surface area contributed by atoms with E-state index in [0.29, 0.717) is 0 Å². The third-order valence-corrected chi connectivity index (χ3v) is 11.2. The molecule has 4 rings (SSSR count). The molecular formula is C28H32P2Pd+2. The van der Waals surface area contributed by atoms with Crippen molar-refractivity contribution in [2.24, 2.45) is 0 Å². The quantitative estimate of drug-likeness (QED) is 0.163. The maximum atomic E-state index is 2.32. The van der Waals surface area contributed by atoms with Crippen molar-refractivity contribution >= 4 is 37.1 Å². The molecule has 3 heteroatoms. The molecule has 0 atom stereocenters. The fraction of sp³-hybridized carbons (Fsp3) is 0.0714. The van der Waals surface area contributed by atoms with E-state index in [9.17, 15) is 0 Å². The van der Waals surface area contributed by atoms with Gasteiger partial charge in [0, 0.05) is 0 Å². The molecule has 0 aromatic heterocycles. The van der Waals surface area contributed by atoms with Crippen LogP contribution in [0.2, 0.25) is 0 Å². The van der Waals surface area contributed by atoms with Gasteiger partial charge in [-0.3, -0.25) is 0 Å². The summed E-state index contributed by atoms with van der Waals surface area (Å²) in [5, 5.41) is 6.06. The smallest absolute Gasteiger partial charge is 0.358 e. The van der Waals surface area contributed by atoms with E-state index in [4.69, 9.17) is 0 Å². The molecule has 0 heterocycles. The van der Waals surface area contributed by atoms with E-state index in [-0.39, 0.29) is 35.3 Å². The Morgan fingerprint density at radius 2 is 0.548 bits per heavy atom. The molecule has 0 radical (unpaired) electrons. The largest absolute Gasteiger partial charge is 2.00 e. The molecule has 0 saturated carbocycles. The van der Waals surface area contributed by atoms with E-state index in [2.05, 4.69) is 121 Å². The second-order valence-corrected chi connectivity index (χ2v) is 12.1. The van der Waals surface area contributed by atoms with Crippen molar-refractivity contribution in [1.29, 1.82) is 0 Å². The first-order valence-electron chi connectivity index (χ1n) is 9.85. The summed E-state index contributed by atoms with van der Waals surface area (Å²) in [6.07, 6.45) is 2.52. The van der Waals surface area contributed by atoms with E-state index < -0.39 is 15.8 Å². The Balaban J connectivity index is 0.00000160. The van der Waals surface area contributed by atoms with E-state index in [1.165, 1.54) is 33.5 Å². The number of hydrogen-bond donors (Lipinski definition) is 0. The van der Waals surface area contributed by atoms with Gasteiger partial charge in [0.2, 0.25) is 0 Å². The Hall–Kier alpha value is -1.60. The van der Waals surface area contributed by atoms with Crippen molar-refractivity contribution in [3.63, 3.8) is 0 Å². The SMILES string of the molecule is [CH3-].[CH3-].[Pd+2].c1ccc([PH+](CC[PH+](c2ccccc2)c2ccccc2)c2ccccc2)cc1. The Morgan fingerprint density at radius 1 is 0.355 bits per heavy atom. The van der Waals surface area contributed by atoms with Crippen LogP contribution < -0.4 is 21.2 Å². The van der Waals surface area contributed by atoms with Crippen LogP contribution in [-0.2, 0) is 20.4 Å². The molecule has 4 aromatic carbocycles. The first kappa shape index (κ1) is 27.4. The second-order valence-electron chi connectivity index (χ2n) is 6.92. The summed E-state index contributed by atoms with van der Waals surface area (Å²) in [5.74, 6) is 0. The minimum absolute atomic E-state index is 0. The van der Waals surface area contributed by atoms with Gasteiger partial charge in [-0.1, -0.05) is 72.8 Å². The molecule has 0 nitrogen and oxygen atoms in total. The van der Waals surface area contributed by atoms with E-state index in [1.54, 1.807) is 0 Å². The van der Waals surface area contributed by atoms with Crippen molar-refractivity contribution in [2.75, 3.05) is 12.3 Å². The Kier molecular flexibility index (Phi) is 12.8. The molecule has 0 amide bonds. The molecule has 31 heavy (non-hydrogen) atoms. The molecule has 0 spiro atoms. The van der Waals surface area contributed by atoms with Crippen LogP contribution in [0.5, 0.6) is 0 Å². The topological polar surface area (TPSA) is 0 Å². The maximum Gasteiger partial charge on any atom is 2.00 e. The van der Waals surface area contributed by atoms with E-state index in [0.717, 1.165) is 0 Å². The fourth-order valence-corrected chi connectivity index (χ4v) is 9.92. The third-order valence-electron chi connectivity index (χ3n) is 5.11. The van der Waals surface area contributed by atoms with Crippen molar-refractivity contribution < 1.29 is 20.4 Å². The predicted molar refractivity (Wildman–Crippen MR) is 143 cm³/mol. The van der Waals surface area contributed by atoms with Gasteiger partial charge < -0.3 is 14.9 Å². The standard InChI is InChI=1S/C26H24P2.2CH3.Pd/c1-5-13-23(14-6-1)27(24-15-7-2-8-16-24)21-22-28(25-17-9-3-10-18-25)26-19-11-4-12-20-26;;;/h1-20H,21-22H2;2*1H3;/q;2*-1;+2/p+2. The van der Waals surface area contributed by atoms with Crippen LogP contribution in [0.1, 0.15) is 0 Å². The van der Waals surface area contributed by atoms with Gasteiger partial charge in [-0.25, -0.2) is 0 Å². The molecule has 0 aliphatic rings. The maximum absolute atomic E-state index is 2.32. The van der Waals surface area contributed by atoms with Gasteiger partial charge in [-0.2, -0.15) is 0 Å². The van der Waals surface area contributed by atoms with Gasteiger partial charge in [0.05, 0.1) is 37.1 Å². The number of hydrogen-bond acceptors (Lipinski definition) is 0. The second kappa shape index (κ2) is 14.5. The molecule has 0 bridgehead atoms. The normalized spacial score (nSPS) is 10.0. The molecule has 0 saturated heterocycles. The Labute approximate surface area is 205 Å². The van der Waals surface area contributed by atoms with Crippen molar-refractivity contribution in [2.45, 2.75) is 0 Å². The third kappa shape index (κ3) is 7.49. The molecule has 0 aliphatic heterocycles. The first-order valence-corrected chi connectivity index (χ1v) is 13.3. The summed E-state index contributed by atoms with van der Waals surface area (Å²) in [5.41, 5.74) is 0. The minimum atomic E-state index is -0.783. The van der Waals surface area contributed by atoms with Gasteiger partial charge in [-0.15, -0.1) is 0 Å². The minimum Gasteiger partial charge on any atom is -0.358 e. The van der Waals surface area contributed by atoms with Crippen LogP contribution in [0, 0.1) is 14.9 Å². The van der Waals surface area contributed by atoms with Crippen molar-refractivity contribution in [1.82, 2.24) is 0 Å². The zero-order valence-corrected chi connectivity index (χ0v) is 21.8. The number of rotatable bonds is 7. The van der Waals surface area contributed by atoms with E-state index >= 15 is 0 Å². The van der Waals surface area contributed by atoms with Gasteiger partial charge in [0.15, 0.2) is 0 Å². The molecule has 0 N–H and O–H groups in total. The van der Waals surface area contributed by atoms with Gasteiger partial charge in [0.1, 0.15) is 12.3 Å². The van der Waals surface area contributed by atoms with Gasteiger partial charge >= 0.3 is 20.4 Å². The summed E-state index contributed by atoms with van der Waals surface area (Å²) < 4.78 is 0. The summed E-state index contributed by atoms with van der Waals surface area (Å²) in [6.45, 7) is 0. The van der Waals surface area contributed by atoms with Crippen molar-refractivity contribution in [3.8, 4) is 0 Å². The van der Waals surface area contributed by atoms with Crippen LogP contribution in [0.15, 0.2) is 121 Å². The average molecular weight is 537 g/mol. The van der Waals surface area contributed by atoms with Gasteiger partial charge in [-0.05, 0) is 48.5 Å². The molecule has 0 fully saturated rings. The Bertz CT molecular complexity index is 799. The number of benzene rings is 4. The van der Waals surface area contributed by atoms with Crippen molar-refractivity contribution in [3.05, 3.63) is 136 Å². The van der Waals surface area contributed by atoms with Crippen LogP contribution >= 0.6 is 15.8 Å². The average Bonchev–Trinajstić information content (AvgIpc) is 2.79. The zero-order valence-electron chi connectivity index (χ0n) is 18.3. The van der Waals surface area contributed by atoms with E-state index in [1.807, 2.05) is 0 Å². The molecular weight excluding hydrogens is 505 g/mol. The summed E-state index contributed by atoms with van der Waals surface area (Å²) in [6, 6.07) is 44.5. The summed E-state index contributed by atoms with van der Waals surface area (Å²) in [4.78, 5) is 0. The van der Waals surface area contributed by atoms with Gasteiger partial charge in [0.25, 0.3) is 0 Å². The van der Waals surface area contributed by atoms with Crippen LogP contribution in [0.3, 0.4) is 0 Å². The predicted octanol–water partition coefficient (Wildman–Crippen LogP) is 5.61. The molecule has 4 aromatic rings. The monoisotopic (exact) mass is 536 g/mol. The van der Waals surface area contributed by atoms with Crippen LogP contribution in [0.4, 0.5) is 0 Å². The first-order chi connectivity index (χ1) is 13.9. The molecule has 162 valence electrons. The van der Waals surface area contributed by atoms with Crippen LogP contribution in [-0.4, -0.2) is 12.3 Å². The van der Waals surface area contributed by atoms with Crippen LogP contribution in [0.25, 0.3) is 0 Å². The summed E-state index contributed by atoms with van der Waals surface area (Å²) >= 11 is 0.